The van der Waals surface area contributed by atoms with Gasteiger partial charge in [-0.1, -0.05) is 42.5 Å². The number of methoxy groups -OCH3 is 1. The Morgan fingerprint density at radius 1 is 1.17 bits per heavy atom. The van der Waals surface area contributed by atoms with Gasteiger partial charge in [0.05, 0.1) is 12.6 Å². The summed E-state index contributed by atoms with van der Waals surface area (Å²) in [6.45, 7) is 3.88. The highest BCUT2D eigenvalue weighted by Crippen LogP contribution is 2.21. The minimum absolute atomic E-state index is 0.0203. The van der Waals surface area contributed by atoms with Crippen molar-refractivity contribution in [2.75, 3.05) is 7.11 Å². The lowest BCUT2D eigenvalue weighted by molar-refractivity contribution is -0.124. The summed E-state index contributed by atoms with van der Waals surface area (Å²) in [6, 6.07) is 17.7. The molecule has 0 aliphatic carbocycles. The van der Waals surface area contributed by atoms with Gasteiger partial charge >= 0.3 is 0 Å². The quantitative estimate of drug-likeness (QED) is 0.826. The molecule has 0 aliphatic rings. The molecule has 23 heavy (non-hydrogen) atoms. The number of benzene rings is 2. The van der Waals surface area contributed by atoms with Crippen LogP contribution in [0.1, 0.15) is 31.0 Å². The Kier molecular flexibility index (Phi) is 5.40. The Labute approximate surface area is 137 Å². The van der Waals surface area contributed by atoms with Crippen LogP contribution in [0.15, 0.2) is 54.6 Å². The second-order valence-corrected chi connectivity index (χ2v) is 6.00. The second kappa shape index (κ2) is 7.29. The third-order valence-corrected chi connectivity index (χ3v) is 4.10. The molecule has 2 aromatic rings. The minimum atomic E-state index is -0.830. The first-order chi connectivity index (χ1) is 10.9. The highest BCUT2D eigenvalue weighted by atomic mass is 16.5. The van der Waals surface area contributed by atoms with Gasteiger partial charge in [0.1, 0.15) is 5.75 Å². The summed E-state index contributed by atoms with van der Waals surface area (Å²) >= 11 is 0. The highest BCUT2D eigenvalue weighted by molar-refractivity contribution is 5.84. The van der Waals surface area contributed by atoms with Gasteiger partial charge in [-0.05, 0) is 43.5 Å². The van der Waals surface area contributed by atoms with E-state index in [1.165, 1.54) is 0 Å². The summed E-state index contributed by atoms with van der Waals surface area (Å²) in [5, 5.41) is 3.38. The SMILES string of the molecule is COc1ccc(C[C@](C)(N[C@@H](C)c2ccccc2)C(N)=O)cc1. The first-order valence-electron chi connectivity index (χ1n) is 7.70. The Balaban J connectivity index is 2.16. The van der Waals surface area contributed by atoms with E-state index in [2.05, 4.69) is 5.32 Å². The summed E-state index contributed by atoms with van der Waals surface area (Å²) in [5.74, 6) is 0.427. The topological polar surface area (TPSA) is 64.3 Å². The first-order valence-corrected chi connectivity index (χ1v) is 7.70. The van der Waals surface area contributed by atoms with Crippen LogP contribution in [0.5, 0.6) is 5.75 Å². The number of primary amides is 1. The third kappa shape index (κ3) is 4.33. The van der Waals surface area contributed by atoms with Crippen molar-refractivity contribution in [1.82, 2.24) is 5.32 Å². The number of amides is 1. The van der Waals surface area contributed by atoms with E-state index in [1.54, 1.807) is 7.11 Å². The average Bonchev–Trinajstić information content (AvgIpc) is 2.56. The zero-order valence-electron chi connectivity index (χ0n) is 13.9. The van der Waals surface area contributed by atoms with E-state index in [-0.39, 0.29) is 11.9 Å². The molecule has 1 amide bonds. The van der Waals surface area contributed by atoms with Crippen molar-refractivity contribution in [3.8, 4) is 5.75 Å². The molecule has 0 bridgehead atoms. The average molecular weight is 312 g/mol. The van der Waals surface area contributed by atoms with Gasteiger partial charge in [-0.3, -0.25) is 10.1 Å². The molecule has 2 rings (SSSR count). The Bertz CT molecular complexity index is 640. The molecule has 122 valence electrons. The number of carbonyl (C=O) groups is 1. The van der Waals surface area contributed by atoms with Gasteiger partial charge in [0.15, 0.2) is 0 Å². The Morgan fingerprint density at radius 2 is 1.78 bits per heavy atom. The predicted molar refractivity (Wildman–Crippen MR) is 92.3 cm³/mol. The summed E-state index contributed by atoms with van der Waals surface area (Å²) in [5.41, 5.74) is 6.99. The minimum Gasteiger partial charge on any atom is -0.497 e. The normalized spacial score (nSPS) is 14.7. The number of nitrogens with one attached hydrogen (secondary N) is 1. The van der Waals surface area contributed by atoms with Crippen LogP contribution in [0.4, 0.5) is 0 Å². The summed E-state index contributed by atoms with van der Waals surface area (Å²) < 4.78 is 5.16. The number of rotatable bonds is 7. The molecule has 0 aliphatic heterocycles. The Hall–Kier alpha value is -2.33. The fraction of sp³-hybridized carbons (Fsp3) is 0.316. The lowest BCUT2D eigenvalue weighted by Crippen LogP contribution is -2.55. The molecule has 0 spiro atoms. The standard InChI is InChI=1S/C19H24N2O2/c1-14(16-7-5-4-6-8-16)21-19(2,18(20)22)13-15-9-11-17(23-3)12-10-15/h4-12,14,21H,13H2,1-3H3,(H2,20,22)/t14-,19-/m0/s1. The van der Waals surface area contributed by atoms with Crippen LogP contribution in [0.2, 0.25) is 0 Å². The molecule has 0 saturated carbocycles. The molecule has 0 radical (unpaired) electrons. The van der Waals surface area contributed by atoms with Crippen LogP contribution in [-0.2, 0) is 11.2 Å². The fourth-order valence-corrected chi connectivity index (χ4v) is 2.66. The van der Waals surface area contributed by atoms with E-state index in [1.807, 2.05) is 68.4 Å². The second-order valence-electron chi connectivity index (χ2n) is 6.00. The molecule has 2 atom stereocenters. The van der Waals surface area contributed by atoms with E-state index in [9.17, 15) is 4.79 Å². The molecular formula is C19H24N2O2. The maximum atomic E-state index is 12.1. The van der Waals surface area contributed by atoms with Crippen molar-refractivity contribution in [3.05, 3.63) is 65.7 Å². The number of ether oxygens (including phenoxy) is 1. The predicted octanol–water partition coefficient (Wildman–Crippen LogP) is 2.83. The number of carbonyl (C=O) groups excluding carboxylic acids is 1. The van der Waals surface area contributed by atoms with Crippen molar-refractivity contribution in [2.24, 2.45) is 5.73 Å². The molecular weight excluding hydrogens is 288 g/mol. The van der Waals surface area contributed by atoms with Crippen molar-refractivity contribution in [2.45, 2.75) is 31.8 Å². The highest BCUT2D eigenvalue weighted by Gasteiger charge is 2.32. The summed E-state index contributed by atoms with van der Waals surface area (Å²) in [4.78, 5) is 12.1. The number of hydrogen-bond donors (Lipinski definition) is 2. The first kappa shape index (κ1) is 17.0. The molecule has 0 unspecified atom stereocenters. The van der Waals surface area contributed by atoms with Crippen LogP contribution in [0.25, 0.3) is 0 Å². The van der Waals surface area contributed by atoms with Crippen LogP contribution in [-0.4, -0.2) is 18.6 Å². The van der Waals surface area contributed by atoms with Crippen LogP contribution >= 0.6 is 0 Å². The van der Waals surface area contributed by atoms with Gasteiger partial charge in [-0.25, -0.2) is 0 Å². The van der Waals surface area contributed by atoms with E-state index in [0.717, 1.165) is 16.9 Å². The lowest BCUT2D eigenvalue weighted by atomic mass is 9.90. The lowest BCUT2D eigenvalue weighted by Gasteiger charge is -2.31. The van der Waals surface area contributed by atoms with E-state index < -0.39 is 5.54 Å². The molecule has 3 N–H and O–H groups in total. The largest absolute Gasteiger partial charge is 0.497 e. The van der Waals surface area contributed by atoms with Crippen LogP contribution in [0.3, 0.4) is 0 Å². The summed E-state index contributed by atoms with van der Waals surface area (Å²) in [7, 11) is 1.63. The van der Waals surface area contributed by atoms with Crippen molar-refractivity contribution >= 4 is 5.91 Å². The molecule has 4 heteroatoms. The van der Waals surface area contributed by atoms with Crippen LogP contribution < -0.4 is 15.8 Å². The molecule has 2 aromatic carbocycles. The monoisotopic (exact) mass is 312 g/mol. The van der Waals surface area contributed by atoms with Gasteiger partial charge in [0.25, 0.3) is 0 Å². The molecule has 0 fully saturated rings. The third-order valence-electron chi connectivity index (χ3n) is 4.10. The van der Waals surface area contributed by atoms with Gasteiger partial charge in [-0.2, -0.15) is 0 Å². The zero-order chi connectivity index (χ0) is 16.9. The van der Waals surface area contributed by atoms with E-state index in [0.29, 0.717) is 6.42 Å². The summed E-state index contributed by atoms with van der Waals surface area (Å²) in [6.07, 6.45) is 0.517. The maximum absolute atomic E-state index is 12.1. The van der Waals surface area contributed by atoms with Gasteiger partial charge in [0.2, 0.25) is 5.91 Å². The van der Waals surface area contributed by atoms with Crippen molar-refractivity contribution in [3.63, 3.8) is 0 Å². The smallest absolute Gasteiger partial charge is 0.237 e. The Morgan fingerprint density at radius 3 is 2.30 bits per heavy atom. The molecule has 0 aromatic heterocycles. The molecule has 0 heterocycles. The number of nitrogens with two attached hydrogens (primary N) is 1. The van der Waals surface area contributed by atoms with Gasteiger partial charge in [-0.15, -0.1) is 0 Å². The van der Waals surface area contributed by atoms with Crippen molar-refractivity contribution in [1.29, 1.82) is 0 Å². The van der Waals surface area contributed by atoms with Crippen LogP contribution in [0, 0.1) is 0 Å². The number of hydrogen-bond acceptors (Lipinski definition) is 3. The fourth-order valence-electron chi connectivity index (χ4n) is 2.66. The zero-order valence-corrected chi connectivity index (χ0v) is 13.9. The van der Waals surface area contributed by atoms with Crippen molar-refractivity contribution < 1.29 is 9.53 Å². The van der Waals surface area contributed by atoms with E-state index >= 15 is 0 Å². The van der Waals surface area contributed by atoms with Gasteiger partial charge < -0.3 is 10.5 Å². The molecule has 4 nitrogen and oxygen atoms in total. The maximum Gasteiger partial charge on any atom is 0.237 e. The van der Waals surface area contributed by atoms with Gasteiger partial charge in [0, 0.05) is 6.04 Å². The molecule has 0 saturated heterocycles. The van der Waals surface area contributed by atoms with E-state index in [4.69, 9.17) is 10.5 Å².